The minimum atomic E-state index is -0.482. The molecule has 0 amide bonds. The van der Waals surface area contributed by atoms with Crippen LogP contribution in [0.4, 0.5) is 4.39 Å². The SMILES string of the molecule is CCNC(CC)c1cccc(Oc2ccc(Cl)c(F)c2)c1. The molecule has 0 bridgehead atoms. The lowest BCUT2D eigenvalue weighted by Crippen LogP contribution is -2.19. The van der Waals surface area contributed by atoms with Crippen molar-refractivity contribution in [1.29, 1.82) is 0 Å². The predicted octanol–water partition coefficient (Wildman–Crippen LogP) is 5.33. The van der Waals surface area contributed by atoms with Crippen molar-refractivity contribution >= 4 is 11.6 Å². The first kappa shape index (κ1) is 15.8. The van der Waals surface area contributed by atoms with Gasteiger partial charge in [-0.3, -0.25) is 0 Å². The standard InChI is InChI=1S/C17H19ClFNO/c1-3-17(20-4-2)12-6-5-7-13(10-12)21-14-8-9-15(18)16(19)11-14/h5-11,17,20H,3-4H2,1-2H3. The van der Waals surface area contributed by atoms with Gasteiger partial charge in [0, 0.05) is 12.1 Å². The van der Waals surface area contributed by atoms with Gasteiger partial charge in [0.1, 0.15) is 17.3 Å². The highest BCUT2D eigenvalue weighted by Gasteiger charge is 2.09. The highest BCUT2D eigenvalue weighted by molar-refractivity contribution is 6.30. The normalized spacial score (nSPS) is 12.2. The first-order valence-corrected chi connectivity index (χ1v) is 7.48. The van der Waals surface area contributed by atoms with E-state index in [0.29, 0.717) is 17.5 Å². The zero-order chi connectivity index (χ0) is 15.2. The van der Waals surface area contributed by atoms with E-state index in [9.17, 15) is 4.39 Å². The molecule has 2 aromatic rings. The van der Waals surface area contributed by atoms with Crippen molar-refractivity contribution in [3.8, 4) is 11.5 Å². The molecule has 1 atom stereocenters. The van der Waals surface area contributed by atoms with Gasteiger partial charge in [-0.05, 0) is 42.8 Å². The fourth-order valence-electron chi connectivity index (χ4n) is 2.22. The lowest BCUT2D eigenvalue weighted by atomic mass is 10.0. The summed E-state index contributed by atoms with van der Waals surface area (Å²) in [5, 5.41) is 3.52. The lowest BCUT2D eigenvalue weighted by molar-refractivity contribution is 0.472. The van der Waals surface area contributed by atoms with E-state index < -0.39 is 5.82 Å². The molecule has 2 nitrogen and oxygen atoms in total. The monoisotopic (exact) mass is 307 g/mol. The molecular weight excluding hydrogens is 289 g/mol. The molecular formula is C17H19ClFNO. The second-order valence-electron chi connectivity index (χ2n) is 4.77. The van der Waals surface area contributed by atoms with Gasteiger partial charge in [0.05, 0.1) is 5.02 Å². The Morgan fingerprint density at radius 2 is 1.90 bits per heavy atom. The molecule has 2 rings (SSSR count). The minimum Gasteiger partial charge on any atom is -0.457 e. The zero-order valence-corrected chi connectivity index (χ0v) is 13.0. The van der Waals surface area contributed by atoms with Crippen LogP contribution in [0.5, 0.6) is 11.5 Å². The molecule has 2 aromatic carbocycles. The summed E-state index contributed by atoms with van der Waals surface area (Å²) in [5.74, 6) is 0.639. The first-order valence-electron chi connectivity index (χ1n) is 7.10. The highest BCUT2D eigenvalue weighted by atomic mass is 35.5. The number of hydrogen-bond donors (Lipinski definition) is 1. The second-order valence-corrected chi connectivity index (χ2v) is 5.18. The fraction of sp³-hybridized carbons (Fsp3) is 0.294. The van der Waals surface area contributed by atoms with Crippen molar-refractivity contribution in [2.45, 2.75) is 26.3 Å². The molecule has 0 aromatic heterocycles. The molecule has 0 radical (unpaired) electrons. The van der Waals surface area contributed by atoms with Gasteiger partial charge in [0.2, 0.25) is 0 Å². The third-order valence-corrected chi connectivity index (χ3v) is 3.55. The summed E-state index contributed by atoms with van der Waals surface area (Å²) >= 11 is 5.67. The summed E-state index contributed by atoms with van der Waals surface area (Å²) < 4.78 is 19.1. The van der Waals surface area contributed by atoms with E-state index in [1.165, 1.54) is 12.1 Å². The van der Waals surface area contributed by atoms with Gasteiger partial charge >= 0.3 is 0 Å². The first-order chi connectivity index (χ1) is 10.1. The van der Waals surface area contributed by atoms with Crippen LogP contribution in [-0.4, -0.2) is 6.54 Å². The van der Waals surface area contributed by atoms with E-state index in [1.807, 2.05) is 18.2 Å². The quantitative estimate of drug-likeness (QED) is 0.778. The Labute approximate surface area is 129 Å². The molecule has 0 aliphatic heterocycles. The maximum absolute atomic E-state index is 13.4. The number of nitrogens with one attached hydrogen (secondary N) is 1. The topological polar surface area (TPSA) is 21.3 Å². The Kier molecular flexibility index (Phi) is 5.59. The van der Waals surface area contributed by atoms with Crippen molar-refractivity contribution in [2.75, 3.05) is 6.54 Å². The molecule has 4 heteroatoms. The third kappa shape index (κ3) is 4.19. The van der Waals surface area contributed by atoms with Crippen molar-refractivity contribution in [3.63, 3.8) is 0 Å². The summed E-state index contributed by atoms with van der Waals surface area (Å²) in [6.45, 7) is 5.13. The zero-order valence-electron chi connectivity index (χ0n) is 12.2. The number of ether oxygens (including phenoxy) is 1. The maximum Gasteiger partial charge on any atom is 0.145 e. The van der Waals surface area contributed by atoms with Gasteiger partial charge in [-0.2, -0.15) is 0 Å². The highest BCUT2D eigenvalue weighted by Crippen LogP contribution is 2.28. The average Bonchev–Trinajstić information content (AvgIpc) is 2.49. The molecule has 0 heterocycles. The second kappa shape index (κ2) is 7.43. The summed E-state index contributed by atoms with van der Waals surface area (Å²) in [7, 11) is 0. The largest absolute Gasteiger partial charge is 0.457 e. The van der Waals surface area contributed by atoms with E-state index >= 15 is 0 Å². The van der Waals surface area contributed by atoms with E-state index in [1.54, 1.807) is 6.07 Å². The van der Waals surface area contributed by atoms with Crippen LogP contribution in [0.15, 0.2) is 42.5 Å². The maximum atomic E-state index is 13.4. The summed E-state index contributed by atoms with van der Waals surface area (Å²) in [5.41, 5.74) is 1.16. The molecule has 0 spiro atoms. The van der Waals surface area contributed by atoms with Crippen molar-refractivity contribution in [3.05, 3.63) is 58.9 Å². The van der Waals surface area contributed by atoms with E-state index in [4.69, 9.17) is 16.3 Å². The predicted molar refractivity (Wildman–Crippen MR) is 84.6 cm³/mol. The Morgan fingerprint density at radius 3 is 2.57 bits per heavy atom. The molecule has 21 heavy (non-hydrogen) atoms. The number of hydrogen-bond acceptors (Lipinski definition) is 2. The van der Waals surface area contributed by atoms with Gasteiger partial charge in [-0.15, -0.1) is 0 Å². The van der Waals surface area contributed by atoms with E-state index in [0.717, 1.165) is 18.5 Å². The van der Waals surface area contributed by atoms with Crippen molar-refractivity contribution in [1.82, 2.24) is 5.32 Å². The van der Waals surface area contributed by atoms with Crippen LogP contribution in [0.2, 0.25) is 5.02 Å². The van der Waals surface area contributed by atoms with Crippen LogP contribution in [0.25, 0.3) is 0 Å². The number of benzene rings is 2. The van der Waals surface area contributed by atoms with Crippen LogP contribution in [-0.2, 0) is 0 Å². The summed E-state index contributed by atoms with van der Waals surface area (Å²) in [6.07, 6.45) is 0.993. The number of rotatable bonds is 6. The lowest BCUT2D eigenvalue weighted by Gasteiger charge is -2.17. The molecule has 0 aliphatic carbocycles. The van der Waals surface area contributed by atoms with Gasteiger partial charge in [-0.1, -0.05) is 37.6 Å². The van der Waals surface area contributed by atoms with Gasteiger partial charge < -0.3 is 10.1 Å². The fourth-order valence-corrected chi connectivity index (χ4v) is 2.33. The number of halogens is 2. The van der Waals surface area contributed by atoms with Gasteiger partial charge in [0.15, 0.2) is 0 Å². The smallest absolute Gasteiger partial charge is 0.145 e. The third-order valence-electron chi connectivity index (χ3n) is 3.25. The molecule has 0 saturated carbocycles. The summed E-state index contributed by atoms with van der Waals surface area (Å²) in [6, 6.07) is 12.6. The van der Waals surface area contributed by atoms with Gasteiger partial charge in [-0.25, -0.2) is 4.39 Å². The van der Waals surface area contributed by atoms with Crippen LogP contribution < -0.4 is 10.1 Å². The molecule has 1 unspecified atom stereocenters. The van der Waals surface area contributed by atoms with Crippen molar-refractivity contribution in [2.24, 2.45) is 0 Å². The molecule has 112 valence electrons. The van der Waals surface area contributed by atoms with Crippen LogP contribution in [0, 0.1) is 5.82 Å². The Balaban J connectivity index is 2.18. The average molecular weight is 308 g/mol. The van der Waals surface area contributed by atoms with Crippen molar-refractivity contribution < 1.29 is 9.13 Å². The van der Waals surface area contributed by atoms with Crippen LogP contribution >= 0.6 is 11.6 Å². The molecule has 0 saturated heterocycles. The Morgan fingerprint density at radius 1 is 1.14 bits per heavy atom. The Hall–Kier alpha value is -1.58. The van der Waals surface area contributed by atoms with Gasteiger partial charge in [0.25, 0.3) is 0 Å². The van der Waals surface area contributed by atoms with E-state index in [-0.39, 0.29) is 5.02 Å². The van der Waals surface area contributed by atoms with E-state index in [2.05, 4.69) is 25.2 Å². The van der Waals surface area contributed by atoms with Crippen LogP contribution in [0.1, 0.15) is 31.9 Å². The Bertz CT molecular complexity index is 603. The van der Waals surface area contributed by atoms with Crippen LogP contribution in [0.3, 0.4) is 0 Å². The summed E-state index contributed by atoms with van der Waals surface area (Å²) in [4.78, 5) is 0. The minimum absolute atomic E-state index is 0.0919. The molecule has 0 fully saturated rings. The molecule has 1 N–H and O–H groups in total. The molecule has 0 aliphatic rings.